The number of carbonyl (C=O) groups excluding carboxylic acids is 1. The van der Waals surface area contributed by atoms with Crippen molar-refractivity contribution in [3.8, 4) is 0 Å². The molecular formula is C3H4MoO2. The molecular weight excluding hydrogens is 164 g/mol. The molecule has 34 valence electrons. The average Bonchev–Trinajstić information content (AvgIpc) is 1.72. The average molecular weight is 168 g/mol. The normalized spacial score (nSPS) is 4.00. The molecule has 0 aromatic rings. The van der Waals surface area contributed by atoms with Gasteiger partial charge in [-0.05, 0) is 6.08 Å². The number of rotatable bonds is 1. The summed E-state index contributed by atoms with van der Waals surface area (Å²) in [7, 11) is 0. The van der Waals surface area contributed by atoms with Gasteiger partial charge in [0.15, 0.2) is 0 Å². The summed E-state index contributed by atoms with van der Waals surface area (Å²) in [5.74, 6) is 0. The van der Waals surface area contributed by atoms with E-state index in [0.717, 1.165) is 0 Å². The third-order valence-corrected chi connectivity index (χ3v) is 0.0962. The number of hydrogen-bond donors (Lipinski definition) is 0. The van der Waals surface area contributed by atoms with Crippen LogP contribution in [-0.4, -0.2) is 6.29 Å². The predicted molar refractivity (Wildman–Crippen MR) is 16.9 cm³/mol. The van der Waals surface area contributed by atoms with E-state index in [4.69, 9.17) is 8.19 Å². The van der Waals surface area contributed by atoms with Gasteiger partial charge in [0.25, 0.3) is 0 Å². The van der Waals surface area contributed by atoms with Crippen LogP contribution in [0.5, 0.6) is 0 Å². The monoisotopic (exact) mass is 170 g/mol. The van der Waals surface area contributed by atoms with E-state index in [9.17, 15) is 0 Å². The van der Waals surface area contributed by atoms with Crippen molar-refractivity contribution in [2.45, 2.75) is 0 Å². The molecule has 0 N–H and O–H groups in total. The van der Waals surface area contributed by atoms with E-state index in [-0.39, 0.29) is 0 Å². The molecule has 0 atom stereocenters. The first-order valence-corrected chi connectivity index (χ1v) is 1.96. The summed E-state index contributed by atoms with van der Waals surface area (Å²) in [5, 5.41) is 0. The van der Waals surface area contributed by atoms with Crippen LogP contribution in [0.2, 0.25) is 0 Å². The number of aldehydes is 1. The summed E-state index contributed by atoms with van der Waals surface area (Å²) in [5.41, 5.74) is 0. The van der Waals surface area contributed by atoms with E-state index < -0.39 is 0 Å². The number of allylic oxidation sites excluding steroid dienone is 1. The second-order valence-corrected chi connectivity index (χ2v) is 0.372. The number of carbonyl (C=O) groups is 1. The molecule has 6 heavy (non-hydrogen) atoms. The summed E-state index contributed by atoms with van der Waals surface area (Å²) in [6.07, 6.45) is 1.83. The Morgan fingerprint density at radius 3 is 1.67 bits per heavy atom. The minimum atomic E-state index is 0.639. The molecule has 0 spiro atoms. The Bertz CT molecular complexity index is 38.1. The van der Waals surface area contributed by atoms with Gasteiger partial charge < -0.3 is 0 Å². The maximum absolute atomic E-state index is 9.06. The quantitative estimate of drug-likeness (QED) is 0.319. The van der Waals surface area contributed by atoms with Crippen molar-refractivity contribution < 1.29 is 28.0 Å². The van der Waals surface area contributed by atoms with E-state index in [2.05, 4.69) is 6.58 Å². The molecule has 0 aromatic heterocycles. The molecule has 0 fully saturated rings. The van der Waals surface area contributed by atoms with E-state index >= 15 is 0 Å². The molecule has 0 radical (unpaired) electrons. The summed E-state index contributed by atoms with van der Waals surface area (Å²) in [4.78, 5) is 9.06. The molecule has 0 unspecified atom stereocenters. The minimum absolute atomic E-state index is 0.639. The van der Waals surface area contributed by atoms with Crippen molar-refractivity contribution in [2.75, 3.05) is 0 Å². The SMILES string of the molecule is C=CC=O.[O]=[Mo]. The van der Waals surface area contributed by atoms with E-state index in [1.165, 1.54) is 6.08 Å². The van der Waals surface area contributed by atoms with Crippen molar-refractivity contribution in [1.82, 2.24) is 0 Å². The first-order valence-electron chi connectivity index (χ1n) is 1.14. The Kier molecular flexibility index (Phi) is 32.1. The second kappa shape index (κ2) is 20.7. The molecule has 0 aliphatic carbocycles. The zero-order valence-electron chi connectivity index (χ0n) is 3.09. The van der Waals surface area contributed by atoms with Gasteiger partial charge in [-0.2, -0.15) is 0 Å². The van der Waals surface area contributed by atoms with E-state index in [0.29, 0.717) is 26.1 Å². The van der Waals surface area contributed by atoms with Crippen LogP contribution < -0.4 is 0 Å². The van der Waals surface area contributed by atoms with Gasteiger partial charge in [-0.1, -0.05) is 6.58 Å². The van der Waals surface area contributed by atoms with E-state index in [1.807, 2.05) is 0 Å². The summed E-state index contributed by atoms with van der Waals surface area (Å²) in [6, 6.07) is 0. The Morgan fingerprint density at radius 2 is 1.67 bits per heavy atom. The molecule has 0 bridgehead atoms. The second-order valence-electron chi connectivity index (χ2n) is 0.372. The molecule has 0 saturated heterocycles. The zero-order valence-corrected chi connectivity index (χ0v) is 5.09. The Labute approximate surface area is 47.4 Å². The van der Waals surface area contributed by atoms with Crippen LogP contribution in [-0.2, 0) is 28.0 Å². The standard InChI is InChI=1S/C3H4O.Mo.O/c1-2-3-4;;/h2-3H,1H2;;. The van der Waals surface area contributed by atoms with Gasteiger partial charge in [-0.15, -0.1) is 0 Å². The third kappa shape index (κ3) is 40.6. The van der Waals surface area contributed by atoms with Gasteiger partial charge in [0, 0.05) is 0 Å². The predicted octanol–water partition coefficient (Wildman–Crippen LogP) is 0.250. The van der Waals surface area contributed by atoms with Gasteiger partial charge in [-0.3, -0.25) is 4.79 Å². The maximum atomic E-state index is 9.06. The van der Waals surface area contributed by atoms with Crippen LogP contribution in [0.15, 0.2) is 12.7 Å². The summed E-state index contributed by atoms with van der Waals surface area (Å²) >= 11 is 0.700. The van der Waals surface area contributed by atoms with Crippen LogP contribution >= 0.6 is 0 Å². The zero-order chi connectivity index (χ0) is 5.41. The van der Waals surface area contributed by atoms with Crippen molar-refractivity contribution in [1.29, 1.82) is 0 Å². The third-order valence-electron chi connectivity index (χ3n) is 0.0962. The van der Waals surface area contributed by atoms with Gasteiger partial charge in [0.2, 0.25) is 0 Å². The molecule has 3 heteroatoms. The first kappa shape index (κ1) is 9.31. The fourth-order valence-electron chi connectivity index (χ4n) is 0. The van der Waals surface area contributed by atoms with Gasteiger partial charge in [0.1, 0.15) is 6.29 Å². The molecule has 0 amide bonds. The molecule has 0 aliphatic heterocycles. The van der Waals surface area contributed by atoms with Crippen LogP contribution in [0.25, 0.3) is 0 Å². The molecule has 0 aliphatic rings. The van der Waals surface area contributed by atoms with Crippen molar-refractivity contribution in [3.05, 3.63) is 12.7 Å². The molecule has 0 saturated carbocycles. The van der Waals surface area contributed by atoms with Crippen molar-refractivity contribution in [2.24, 2.45) is 0 Å². The Hall–Kier alpha value is -0.102. The number of hydrogen-bond acceptors (Lipinski definition) is 2. The molecule has 0 rings (SSSR count). The first-order chi connectivity index (χ1) is 2.91. The Morgan fingerprint density at radius 1 is 1.50 bits per heavy atom. The fraction of sp³-hybridized carbons (Fsp3) is 0. The van der Waals surface area contributed by atoms with Gasteiger partial charge >= 0.3 is 23.2 Å². The summed E-state index contributed by atoms with van der Waals surface area (Å²) in [6.45, 7) is 3.11. The fourth-order valence-corrected chi connectivity index (χ4v) is 0. The molecule has 0 heterocycles. The van der Waals surface area contributed by atoms with Crippen molar-refractivity contribution in [3.63, 3.8) is 0 Å². The van der Waals surface area contributed by atoms with Gasteiger partial charge in [0.05, 0.1) is 0 Å². The van der Waals surface area contributed by atoms with Crippen molar-refractivity contribution >= 4 is 6.29 Å². The van der Waals surface area contributed by atoms with Crippen LogP contribution in [0.4, 0.5) is 0 Å². The van der Waals surface area contributed by atoms with Crippen LogP contribution in [0.3, 0.4) is 0 Å². The van der Waals surface area contributed by atoms with Gasteiger partial charge in [-0.25, -0.2) is 0 Å². The topological polar surface area (TPSA) is 34.1 Å². The Balaban J connectivity index is 0. The molecule has 0 aromatic carbocycles. The van der Waals surface area contributed by atoms with Crippen LogP contribution in [0, 0.1) is 0 Å². The van der Waals surface area contributed by atoms with Crippen LogP contribution in [0.1, 0.15) is 0 Å². The van der Waals surface area contributed by atoms with E-state index in [1.54, 1.807) is 0 Å². The summed E-state index contributed by atoms with van der Waals surface area (Å²) < 4.78 is 8.26. The molecule has 2 nitrogen and oxygen atoms in total.